The number of anilines is 1. The quantitative estimate of drug-likeness (QED) is 0.634. The Labute approximate surface area is 178 Å². The Bertz CT molecular complexity index is 1010. The van der Waals surface area contributed by atoms with E-state index in [0.717, 1.165) is 29.2 Å². The molecule has 1 aromatic heterocycles. The summed E-state index contributed by atoms with van der Waals surface area (Å²) in [7, 11) is 1.63. The lowest BCUT2D eigenvalue weighted by molar-refractivity contribution is 0.182. The summed E-state index contributed by atoms with van der Waals surface area (Å²) in [6.45, 7) is 8.07. The number of nitrogens with zero attached hydrogens (tertiary/aromatic N) is 2. The SMILES string of the molecule is COc1ccc(NC(=O)N2CCn3cccc3[C@@H]2c2ccc(C(C)(C)C)cc2)cc1. The molecule has 0 bridgehead atoms. The summed E-state index contributed by atoms with van der Waals surface area (Å²) >= 11 is 0. The highest BCUT2D eigenvalue weighted by Crippen LogP contribution is 2.34. The Morgan fingerprint density at radius 3 is 2.33 bits per heavy atom. The van der Waals surface area contributed by atoms with Crippen molar-refractivity contribution in [2.45, 2.75) is 38.8 Å². The molecular weight excluding hydrogens is 374 g/mol. The number of benzene rings is 2. The van der Waals surface area contributed by atoms with Crippen LogP contribution in [0.1, 0.15) is 43.6 Å². The van der Waals surface area contributed by atoms with Gasteiger partial charge in [0.25, 0.3) is 0 Å². The number of urea groups is 1. The van der Waals surface area contributed by atoms with Crippen LogP contribution in [-0.4, -0.2) is 29.2 Å². The fraction of sp³-hybridized carbons (Fsp3) is 0.320. The van der Waals surface area contributed by atoms with Crippen LogP contribution in [0.4, 0.5) is 10.5 Å². The lowest BCUT2D eigenvalue weighted by Gasteiger charge is -2.37. The second kappa shape index (κ2) is 7.90. The van der Waals surface area contributed by atoms with E-state index in [9.17, 15) is 4.79 Å². The van der Waals surface area contributed by atoms with E-state index >= 15 is 0 Å². The van der Waals surface area contributed by atoms with E-state index in [1.165, 1.54) is 5.56 Å². The molecular formula is C25H29N3O2. The van der Waals surface area contributed by atoms with Gasteiger partial charge in [-0.25, -0.2) is 4.79 Å². The molecule has 0 saturated carbocycles. The predicted octanol–water partition coefficient (Wildman–Crippen LogP) is 5.43. The molecule has 1 aliphatic heterocycles. The van der Waals surface area contributed by atoms with E-state index in [1.807, 2.05) is 29.2 Å². The zero-order valence-corrected chi connectivity index (χ0v) is 18.1. The Hall–Kier alpha value is -3.21. The standard InChI is InChI=1S/C25H29N3O2/c1-25(2,3)19-9-7-18(8-10-19)23-22-6-5-15-27(22)16-17-28(23)24(29)26-20-11-13-21(30-4)14-12-20/h5-15,23H,16-17H2,1-4H3,(H,26,29)/t23-/m0/s1. The lowest BCUT2D eigenvalue weighted by Crippen LogP contribution is -2.44. The number of rotatable bonds is 3. The van der Waals surface area contributed by atoms with Gasteiger partial charge >= 0.3 is 6.03 Å². The topological polar surface area (TPSA) is 46.5 Å². The summed E-state index contributed by atoms with van der Waals surface area (Å²) in [5.41, 5.74) is 4.38. The zero-order valence-electron chi connectivity index (χ0n) is 18.1. The molecule has 0 aliphatic carbocycles. The van der Waals surface area contributed by atoms with Crippen LogP contribution in [0.15, 0.2) is 66.9 Å². The molecule has 5 nitrogen and oxygen atoms in total. The van der Waals surface area contributed by atoms with Crippen molar-refractivity contribution in [3.05, 3.63) is 83.7 Å². The number of hydrogen-bond donors (Lipinski definition) is 1. The normalized spacial score (nSPS) is 16.1. The Kier molecular flexibility index (Phi) is 5.29. The summed E-state index contributed by atoms with van der Waals surface area (Å²) in [4.78, 5) is 15.2. The van der Waals surface area contributed by atoms with Gasteiger partial charge in [-0.1, -0.05) is 45.0 Å². The average molecular weight is 404 g/mol. The van der Waals surface area contributed by atoms with Gasteiger partial charge in [0.15, 0.2) is 0 Å². The lowest BCUT2D eigenvalue weighted by atomic mass is 9.86. The third kappa shape index (κ3) is 3.92. The minimum Gasteiger partial charge on any atom is -0.497 e. The highest BCUT2D eigenvalue weighted by atomic mass is 16.5. The first kappa shape index (κ1) is 20.1. The van der Waals surface area contributed by atoms with E-state index in [0.29, 0.717) is 6.54 Å². The van der Waals surface area contributed by atoms with Crippen molar-refractivity contribution < 1.29 is 9.53 Å². The molecule has 156 valence electrons. The third-order valence-electron chi connectivity index (χ3n) is 5.73. The van der Waals surface area contributed by atoms with Crippen molar-refractivity contribution in [2.75, 3.05) is 19.0 Å². The molecule has 0 unspecified atom stereocenters. The van der Waals surface area contributed by atoms with E-state index in [2.05, 4.69) is 73.3 Å². The Morgan fingerprint density at radius 2 is 1.70 bits per heavy atom. The fourth-order valence-electron chi connectivity index (χ4n) is 3.99. The molecule has 0 saturated heterocycles. The maximum Gasteiger partial charge on any atom is 0.322 e. The highest BCUT2D eigenvalue weighted by Gasteiger charge is 2.32. The molecule has 0 radical (unpaired) electrons. The second-order valence-corrected chi connectivity index (χ2v) is 8.75. The van der Waals surface area contributed by atoms with Gasteiger partial charge in [-0.15, -0.1) is 0 Å². The largest absolute Gasteiger partial charge is 0.497 e. The molecule has 1 aliphatic rings. The minimum atomic E-state index is -0.124. The van der Waals surface area contributed by atoms with Gasteiger partial charge in [-0.2, -0.15) is 0 Å². The van der Waals surface area contributed by atoms with E-state index in [-0.39, 0.29) is 17.5 Å². The first-order chi connectivity index (χ1) is 14.4. The number of carbonyl (C=O) groups excluding carboxylic acids is 1. The minimum absolute atomic E-state index is 0.0940. The smallest absolute Gasteiger partial charge is 0.322 e. The summed E-state index contributed by atoms with van der Waals surface area (Å²) in [6, 6.07) is 20.0. The first-order valence-electron chi connectivity index (χ1n) is 10.3. The maximum atomic E-state index is 13.2. The highest BCUT2D eigenvalue weighted by molar-refractivity contribution is 5.90. The maximum absolute atomic E-state index is 13.2. The van der Waals surface area contributed by atoms with Crippen LogP contribution >= 0.6 is 0 Å². The van der Waals surface area contributed by atoms with Crippen LogP contribution < -0.4 is 10.1 Å². The molecule has 0 fully saturated rings. The Morgan fingerprint density at radius 1 is 1.00 bits per heavy atom. The number of fused-ring (bicyclic) bond motifs is 1. The van der Waals surface area contributed by atoms with Gasteiger partial charge in [0.2, 0.25) is 0 Å². The summed E-state index contributed by atoms with van der Waals surface area (Å²) in [5.74, 6) is 0.764. The van der Waals surface area contributed by atoms with Crippen molar-refractivity contribution in [2.24, 2.45) is 0 Å². The van der Waals surface area contributed by atoms with Crippen molar-refractivity contribution in [1.29, 1.82) is 0 Å². The molecule has 30 heavy (non-hydrogen) atoms. The van der Waals surface area contributed by atoms with Gasteiger partial charge in [-0.3, -0.25) is 0 Å². The van der Waals surface area contributed by atoms with Gasteiger partial charge in [0.05, 0.1) is 13.2 Å². The molecule has 1 N–H and O–H groups in total. The van der Waals surface area contributed by atoms with Crippen LogP contribution in [0.5, 0.6) is 5.75 Å². The van der Waals surface area contributed by atoms with E-state index in [4.69, 9.17) is 4.74 Å². The van der Waals surface area contributed by atoms with Crippen molar-refractivity contribution in [1.82, 2.24) is 9.47 Å². The first-order valence-corrected chi connectivity index (χ1v) is 10.3. The molecule has 1 atom stereocenters. The molecule has 2 heterocycles. The number of nitrogens with one attached hydrogen (secondary N) is 1. The Balaban J connectivity index is 1.63. The number of carbonyl (C=O) groups is 1. The van der Waals surface area contributed by atoms with E-state index < -0.39 is 0 Å². The second-order valence-electron chi connectivity index (χ2n) is 8.75. The number of ether oxygens (including phenoxy) is 1. The number of methoxy groups -OCH3 is 1. The summed E-state index contributed by atoms with van der Waals surface area (Å²) in [6.07, 6.45) is 2.09. The summed E-state index contributed by atoms with van der Waals surface area (Å²) < 4.78 is 7.44. The van der Waals surface area contributed by atoms with Gasteiger partial charge in [0.1, 0.15) is 5.75 Å². The third-order valence-corrected chi connectivity index (χ3v) is 5.73. The summed E-state index contributed by atoms with van der Waals surface area (Å²) in [5, 5.41) is 3.04. The predicted molar refractivity (Wildman–Crippen MR) is 120 cm³/mol. The van der Waals surface area contributed by atoms with Crippen LogP contribution in [0.2, 0.25) is 0 Å². The van der Waals surface area contributed by atoms with E-state index in [1.54, 1.807) is 7.11 Å². The molecule has 2 aromatic carbocycles. The monoisotopic (exact) mass is 403 g/mol. The molecule has 5 heteroatoms. The fourth-order valence-corrected chi connectivity index (χ4v) is 3.99. The van der Waals surface area contributed by atoms with Crippen LogP contribution in [-0.2, 0) is 12.0 Å². The van der Waals surface area contributed by atoms with Crippen molar-refractivity contribution in [3.8, 4) is 5.75 Å². The number of aromatic nitrogens is 1. The van der Waals surface area contributed by atoms with Crippen molar-refractivity contribution >= 4 is 11.7 Å². The van der Waals surface area contributed by atoms with Crippen LogP contribution in [0, 0.1) is 0 Å². The number of hydrogen-bond acceptors (Lipinski definition) is 2. The van der Waals surface area contributed by atoms with Crippen LogP contribution in [0.3, 0.4) is 0 Å². The molecule has 0 spiro atoms. The molecule has 2 amide bonds. The van der Waals surface area contributed by atoms with Crippen molar-refractivity contribution in [3.63, 3.8) is 0 Å². The number of amides is 2. The van der Waals surface area contributed by atoms with Gasteiger partial charge in [-0.05, 0) is 52.9 Å². The molecule has 4 rings (SSSR count). The van der Waals surface area contributed by atoms with Gasteiger partial charge in [0, 0.05) is 30.7 Å². The van der Waals surface area contributed by atoms with Gasteiger partial charge < -0.3 is 19.5 Å². The average Bonchev–Trinajstić information content (AvgIpc) is 3.22. The molecule has 3 aromatic rings. The van der Waals surface area contributed by atoms with Crippen LogP contribution in [0.25, 0.3) is 0 Å². The zero-order chi connectivity index (χ0) is 21.3.